The summed E-state index contributed by atoms with van der Waals surface area (Å²) in [5.41, 5.74) is 0.604. The molecule has 2 fully saturated rings. The molecule has 1 N–H and O–H groups in total. The van der Waals surface area contributed by atoms with Crippen LogP contribution >= 0.6 is 11.8 Å². The Hall–Kier alpha value is -1.69. The SMILES string of the molecule is COc1ccc(C(=O)N2C(CC(C)C)SCC2C(=O)NC2CCCCC2)cc1. The number of methoxy groups -OCH3 is 1. The largest absolute Gasteiger partial charge is 0.497 e. The summed E-state index contributed by atoms with van der Waals surface area (Å²) in [6, 6.07) is 7.02. The third-order valence-electron chi connectivity index (χ3n) is 5.59. The number of ether oxygens (including phenoxy) is 1. The molecular weight excluding hydrogens is 372 g/mol. The molecule has 3 rings (SSSR count). The van der Waals surface area contributed by atoms with Gasteiger partial charge in [0.1, 0.15) is 11.8 Å². The van der Waals surface area contributed by atoms with Crippen LogP contribution in [0, 0.1) is 5.92 Å². The highest BCUT2D eigenvalue weighted by Crippen LogP contribution is 2.35. The highest BCUT2D eigenvalue weighted by Gasteiger charge is 2.42. The molecule has 0 aromatic heterocycles. The van der Waals surface area contributed by atoms with Gasteiger partial charge in [0.05, 0.1) is 12.5 Å². The number of thioether (sulfide) groups is 1. The van der Waals surface area contributed by atoms with Gasteiger partial charge < -0.3 is 15.0 Å². The van der Waals surface area contributed by atoms with E-state index in [1.54, 1.807) is 43.1 Å². The van der Waals surface area contributed by atoms with Gasteiger partial charge in [-0.25, -0.2) is 0 Å². The molecular formula is C22H32N2O3S. The van der Waals surface area contributed by atoms with E-state index >= 15 is 0 Å². The number of hydrogen-bond donors (Lipinski definition) is 1. The third kappa shape index (κ3) is 5.02. The van der Waals surface area contributed by atoms with Crippen LogP contribution in [0.15, 0.2) is 24.3 Å². The second-order valence-corrected chi connectivity index (χ2v) is 9.43. The average Bonchev–Trinajstić information content (AvgIpc) is 3.11. The minimum Gasteiger partial charge on any atom is -0.497 e. The molecule has 2 aliphatic rings. The highest BCUT2D eigenvalue weighted by molar-refractivity contribution is 8.00. The van der Waals surface area contributed by atoms with Crippen molar-refractivity contribution in [1.82, 2.24) is 10.2 Å². The normalized spacial score (nSPS) is 23.1. The number of carbonyl (C=O) groups is 2. The van der Waals surface area contributed by atoms with Crippen LogP contribution in [0.1, 0.15) is 62.7 Å². The van der Waals surface area contributed by atoms with E-state index in [1.807, 2.05) is 4.90 Å². The Bertz CT molecular complexity index is 671. The molecule has 1 heterocycles. The zero-order chi connectivity index (χ0) is 20.1. The van der Waals surface area contributed by atoms with E-state index in [0.29, 0.717) is 17.2 Å². The molecule has 1 saturated heterocycles. The third-order valence-corrected chi connectivity index (χ3v) is 6.90. The van der Waals surface area contributed by atoms with Gasteiger partial charge in [0.25, 0.3) is 5.91 Å². The van der Waals surface area contributed by atoms with E-state index in [1.165, 1.54) is 19.3 Å². The first-order valence-corrected chi connectivity index (χ1v) is 11.4. The van der Waals surface area contributed by atoms with Crippen LogP contribution in [0.25, 0.3) is 0 Å². The standard InChI is InChI=1S/C22H32N2O3S/c1-15(2)13-20-24(22(26)16-9-11-18(27-3)12-10-16)19(14-28-20)21(25)23-17-7-5-4-6-8-17/h9-12,15,17,19-20H,4-8,13-14H2,1-3H3,(H,23,25). The van der Waals surface area contributed by atoms with Crippen LogP contribution in [0.2, 0.25) is 0 Å². The zero-order valence-corrected chi connectivity index (χ0v) is 18.0. The van der Waals surface area contributed by atoms with Gasteiger partial charge in [-0.05, 0) is 49.4 Å². The lowest BCUT2D eigenvalue weighted by molar-refractivity contribution is -0.125. The van der Waals surface area contributed by atoms with Crippen LogP contribution in [0.3, 0.4) is 0 Å². The van der Waals surface area contributed by atoms with E-state index in [-0.39, 0.29) is 23.2 Å². The first-order valence-electron chi connectivity index (χ1n) is 10.4. The Balaban J connectivity index is 1.77. The lowest BCUT2D eigenvalue weighted by Gasteiger charge is -2.31. The summed E-state index contributed by atoms with van der Waals surface area (Å²) in [7, 11) is 1.61. The summed E-state index contributed by atoms with van der Waals surface area (Å²) in [6.07, 6.45) is 6.59. The molecule has 5 nitrogen and oxygen atoms in total. The molecule has 154 valence electrons. The van der Waals surface area contributed by atoms with Crippen molar-refractivity contribution >= 4 is 23.6 Å². The van der Waals surface area contributed by atoms with Crippen LogP contribution < -0.4 is 10.1 Å². The van der Waals surface area contributed by atoms with Crippen molar-refractivity contribution in [3.8, 4) is 5.75 Å². The maximum Gasteiger partial charge on any atom is 0.255 e. The van der Waals surface area contributed by atoms with Crippen molar-refractivity contribution < 1.29 is 14.3 Å². The van der Waals surface area contributed by atoms with Gasteiger partial charge in [0, 0.05) is 17.4 Å². The number of nitrogens with zero attached hydrogens (tertiary/aromatic N) is 1. The van der Waals surface area contributed by atoms with Crippen molar-refractivity contribution in [2.75, 3.05) is 12.9 Å². The average molecular weight is 405 g/mol. The fraction of sp³-hybridized carbons (Fsp3) is 0.636. The molecule has 0 spiro atoms. The van der Waals surface area contributed by atoms with Gasteiger partial charge in [-0.3, -0.25) is 9.59 Å². The first kappa shape index (κ1) is 21.0. The van der Waals surface area contributed by atoms with E-state index in [4.69, 9.17) is 4.74 Å². The van der Waals surface area contributed by atoms with E-state index in [2.05, 4.69) is 19.2 Å². The molecule has 1 saturated carbocycles. The molecule has 1 aliphatic heterocycles. The van der Waals surface area contributed by atoms with Gasteiger partial charge in [0.15, 0.2) is 0 Å². The van der Waals surface area contributed by atoms with Crippen LogP contribution in [0.4, 0.5) is 0 Å². The summed E-state index contributed by atoms with van der Waals surface area (Å²) >= 11 is 1.73. The fourth-order valence-electron chi connectivity index (χ4n) is 4.05. The molecule has 1 aromatic carbocycles. The maximum absolute atomic E-state index is 13.3. The van der Waals surface area contributed by atoms with Crippen molar-refractivity contribution in [1.29, 1.82) is 0 Å². The molecule has 2 atom stereocenters. The Kier molecular flexibility index (Phi) is 7.27. The first-order chi connectivity index (χ1) is 13.5. The molecule has 1 aliphatic carbocycles. The second-order valence-electron chi connectivity index (χ2n) is 8.22. The Labute approximate surface area is 172 Å². The monoisotopic (exact) mass is 404 g/mol. The summed E-state index contributed by atoms with van der Waals surface area (Å²) in [4.78, 5) is 28.2. The smallest absolute Gasteiger partial charge is 0.255 e. The number of benzene rings is 1. The zero-order valence-electron chi connectivity index (χ0n) is 17.1. The van der Waals surface area contributed by atoms with E-state index < -0.39 is 6.04 Å². The molecule has 0 radical (unpaired) electrons. The van der Waals surface area contributed by atoms with Crippen molar-refractivity contribution in [2.45, 2.75) is 69.8 Å². The van der Waals surface area contributed by atoms with Gasteiger partial charge in [0.2, 0.25) is 5.91 Å². The molecule has 0 bridgehead atoms. The predicted molar refractivity (Wildman–Crippen MR) is 114 cm³/mol. The van der Waals surface area contributed by atoms with E-state index in [0.717, 1.165) is 25.0 Å². The lowest BCUT2D eigenvalue weighted by Crippen LogP contribution is -2.52. The number of nitrogens with one attached hydrogen (secondary N) is 1. The fourth-order valence-corrected chi connectivity index (χ4v) is 5.69. The van der Waals surface area contributed by atoms with Gasteiger partial charge in [-0.15, -0.1) is 11.8 Å². The Morgan fingerprint density at radius 2 is 1.86 bits per heavy atom. The topological polar surface area (TPSA) is 58.6 Å². The van der Waals surface area contributed by atoms with Crippen molar-refractivity contribution in [3.63, 3.8) is 0 Å². The minimum atomic E-state index is -0.398. The summed E-state index contributed by atoms with van der Waals surface area (Å²) < 4.78 is 5.20. The number of rotatable bonds is 6. The number of carbonyl (C=O) groups excluding carboxylic acids is 2. The maximum atomic E-state index is 13.3. The lowest BCUT2D eigenvalue weighted by atomic mass is 9.95. The Morgan fingerprint density at radius 1 is 1.18 bits per heavy atom. The Morgan fingerprint density at radius 3 is 2.46 bits per heavy atom. The van der Waals surface area contributed by atoms with Gasteiger partial charge >= 0.3 is 0 Å². The van der Waals surface area contributed by atoms with Crippen molar-refractivity contribution in [2.24, 2.45) is 5.92 Å². The molecule has 1 aromatic rings. The molecule has 28 heavy (non-hydrogen) atoms. The second kappa shape index (κ2) is 9.68. The quantitative estimate of drug-likeness (QED) is 0.776. The summed E-state index contributed by atoms with van der Waals surface area (Å²) in [5.74, 6) is 1.79. The molecule has 2 unspecified atom stereocenters. The number of hydrogen-bond acceptors (Lipinski definition) is 4. The minimum absolute atomic E-state index is 0.00696. The van der Waals surface area contributed by atoms with Crippen LogP contribution in [0.5, 0.6) is 5.75 Å². The molecule has 6 heteroatoms. The summed E-state index contributed by atoms with van der Waals surface area (Å²) in [5, 5.41) is 3.26. The van der Waals surface area contributed by atoms with Crippen molar-refractivity contribution in [3.05, 3.63) is 29.8 Å². The van der Waals surface area contributed by atoms with Crippen LogP contribution in [-0.2, 0) is 4.79 Å². The highest BCUT2D eigenvalue weighted by atomic mass is 32.2. The molecule has 2 amide bonds. The van der Waals surface area contributed by atoms with Gasteiger partial charge in [-0.2, -0.15) is 0 Å². The predicted octanol–water partition coefficient (Wildman–Crippen LogP) is 4.07. The van der Waals surface area contributed by atoms with E-state index in [9.17, 15) is 9.59 Å². The van der Waals surface area contributed by atoms with Crippen LogP contribution in [-0.4, -0.2) is 47.0 Å². The number of amides is 2. The summed E-state index contributed by atoms with van der Waals surface area (Å²) in [6.45, 7) is 4.32. The van der Waals surface area contributed by atoms with Gasteiger partial charge in [-0.1, -0.05) is 33.1 Å².